The van der Waals surface area contributed by atoms with Crippen molar-refractivity contribution in [3.8, 4) is 0 Å². The summed E-state index contributed by atoms with van der Waals surface area (Å²) in [5.74, 6) is 1.64. The summed E-state index contributed by atoms with van der Waals surface area (Å²) < 4.78 is 0. The summed E-state index contributed by atoms with van der Waals surface area (Å²) >= 11 is 0. The van der Waals surface area contributed by atoms with Crippen LogP contribution in [0, 0.1) is 5.92 Å². The van der Waals surface area contributed by atoms with Crippen LogP contribution in [0.1, 0.15) is 57.9 Å². The van der Waals surface area contributed by atoms with Crippen molar-refractivity contribution in [1.29, 1.82) is 0 Å². The molecule has 0 spiro atoms. The average molecular weight is 231 g/mol. The van der Waals surface area contributed by atoms with Crippen molar-refractivity contribution in [3.05, 3.63) is 29.8 Å². The molecule has 1 aromatic carbocycles. The standard InChI is InChI=1S/C16H25N/c1-4-13(5-2)11-14-10-12(3)17-16-9-7-6-8-15(14)16/h6-9,12-14,17H,4-5,10-11H2,1-3H3. The van der Waals surface area contributed by atoms with Crippen molar-refractivity contribution in [2.24, 2.45) is 5.92 Å². The highest BCUT2D eigenvalue weighted by atomic mass is 14.9. The first-order valence-electron chi connectivity index (χ1n) is 7.10. The fourth-order valence-electron chi connectivity index (χ4n) is 3.11. The van der Waals surface area contributed by atoms with E-state index in [0.717, 1.165) is 11.8 Å². The van der Waals surface area contributed by atoms with Gasteiger partial charge in [0.05, 0.1) is 0 Å². The number of rotatable bonds is 4. The third-order valence-electron chi connectivity index (χ3n) is 4.21. The number of hydrogen-bond acceptors (Lipinski definition) is 1. The molecule has 0 radical (unpaired) electrons. The highest BCUT2D eigenvalue weighted by Crippen LogP contribution is 2.38. The topological polar surface area (TPSA) is 12.0 Å². The minimum absolute atomic E-state index is 0.615. The van der Waals surface area contributed by atoms with E-state index >= 15 is 0 Å². The third kappa shape index (κ3) is 2.83. The summed E-state index contributed by atoms with van der Waals surface area (Å²) in [6, 6.07) is 9.46. The second kappa shape index (κ2) is 5.57. The molecule has 0 aromatic heterocycles. The average Bonchev–Trinajstić information content (AvgIpc) is 2.35. The Labute approximate surface area is 106 Å². The lowest BCUT2D eigenvalue weighted by atomic mass is 9.80. The molecule has 1 aromatic rings. The Balaban J connectivity index is 2.17. The summed E-state index contributed by atoms with van der Waals surface area (Å²) in [4.78, 5) is 0. The van der Waals surface area contributed by atoms with Gasteiger partial charge in [0.25, 0.3) is 0 Å². The van der Waals surface area contributed by atoms with Gasteiger partial charge >= 0.3 is 0 Å². The van der Waals surface area contributed by atoms with E-state index in [1.54, 1.807) is 0 Å². The second-order valence-electron chi connectivity index (χ2n) is 5.48. The molecule has 2 rings (SSSR count). The first-order valence-corrected chi connectivity index (χ1v) is 7.10. The molecule has 94 valence electrons. The number of benzene rings is 1. The molecule has 0 saturated carbocycles. The molecule has 0 amide bonds. The van der Waals surface area contributed by atoms with Crippen LogP contribution in [0.3, 0.4) is 0 Å². The minimum Gasteiger partial charge on any atom is -0.382 e. The molecule has 1 heterocycles. The highest BCUT2D eigenvalue weighted by Gasteiger charge is 2.25. The van der Waals surface area contributed by atoms with Gasteiger partial charge in [0.1, 0.15) is 0 Å². The van der Waals surface area contributed by atoms with Gasteiger partial charge in [-0.25, -0.2) is 0 Å². The van der Waals surface area contributed by atoms with Gasteiger partial charge in [-0.3, -0.25) is 0 Å². The van der Waals surface area contributed by atoms with Crippen LogP contribution >= 0.6 is 0 Å². The molecular formula is C16H25N. The maximum absolute atomic E-state index is 3.60. The van der Waals surface area contributed by atoms with Crippen molar-refractivity contribution in [2.45, 2.75) is 58.4 Å². The van der Waals surface area contributed by atoms with Gasteiger partial charge in [0.2, 0.25) is 0 Å². The van der Waals surface area contributed by atoms with Crippen molar-refractivity contribution < 1.29 is 0 Å². The molecule has 0 bridgehead atoms. The van der Waals surface area contributed by atoms with Crippen molar-refractivity contribution in [3.63, 3.8) is 0 Å². The zero-order valence-corrected chi connectivity index (χ0v) is 11.4. The maximum Gasteiger partial charge on any atom is 0.0377 e. The van der Waals surface area contributed by atoms with Gasteiger partial charge < -0.3 is 5.32 Å². The van der Waals surface area contributed by atoms with Crippen molar-refractivity contribution >= 4 is 5.69 Å². The van der Waals surface area contributed by atoms with Crippen LogP contribution in [0.25, 0.3) is 0 Å². The number of hydrogen-bond donors (Lipinski definition) is 1. The summed E-state index contributed by atoms with van der Waals surface area (Å²) in [7, 11) is 0. The number of para-hydroxylation sites is 1. The predicted octanol–water partition coefficient (Wildman–Crippen LogP) is 4.80. The van der Waals surface area contributed by atoms with Crippen LogP contribution in [-0.4, -0.2) is 6.04 Å². The molecular weight excluding hydrogens is 206 g/mol. The fourth-order valence-corrected chi connectivity index (χ4v) is 3.11. The van der Waals surface area contributed by atoms with Crippen LogP contribution in [0.5, 0.6) is 0 Å². The zero-order chi connectivity index (χ0) is 12.3. The Bertz CT molecular complexity index is 354. The Morgan fingerprint density at radius 1 is 1.24 bits per heavy atom. The van der Waals surface area contributed by atoms with Crippen LogP contribution < -0.4 is 5.32 Å². The minimum atomic E-state index is 0.615. The highest BCUT2D eigenvalue weighted by molar-refractivity contribution is 5.55. The molecule has 1 nitrogen and oxygen atoms in total. The molecule has 1 aliphatic rings. The molecule has 0 saturated heterocycles. The lowest BCUT2D eigenvalue weighted by Gasteiger charge is -2.33. The quantitative estimate of drug-likeness (QED) is 0.784. The van der Waals surface area contributed by atoms with Crippen molar-refractivity contribution in [2.75, 3.05) is 5.32 Å². The molecule has 1 heteroatoms. The first-order chi connectivity index (χ1) is 8.24. The number of fused-ring (bicyclic) bond motifs is 1. The predicted molar refractivity (Wildman–Crippen MR) is 75.6 cm³/mol. The van der Waals surface area contributed by atoms with E-state index in [-0.39, 0.29) is 0 Å². The molecule has 0 fully saturated rings. The molecule has 2 unspecified atom stereocenters. The lowest BCUT2D eigenvalue weighted by molar-refractivity contribution is 0.384. The second-order valence-corrected chi connectivity index (χ2v) is 5.48. The summed E-state index contributed by atoms with van der Waals surface area (Å²) in [5.41, 5.74) is 2.90. The van der Waals surface area contributed by atoms with Gasteiger partial charge in [-0.2, -0.15) is 0 Å². The SMILES string of the molecule is CCC(CC)CC1CC(C)Nc2ccccc21. The van der Waals surface area contributed by atoms with Crippen LogP contribution in [0.4, 0.5) is 5.69 Å². The van der Waals surface area contributed by atoms with Gasteiger partial charge in [0.15, 0.2) is 0 Å². The Morgan fingerprint density at radius 2 is 1.94 bits per heavy atom. The Morgan fingerprint density at radius 3 is 2.65 bits per heavy atom. The van der Waals surface area contributed by atoms with E-state index in [0.29, 0.717) is 6.04 Å². The maximum atomic E-state index is 3.60. The Kier molecular flexibility index (Phi) is 4.09. The fraction of sp³-hybridized carbons (Fsp3) is 0.625. The van der Waals surface area contributed by atoms with Gasteiger partial charge in [-0.1, -0.05) is 44.9 Å². The van der Waals surface area contributed by atoms with E-state index < -0.39 is 0 Å². The molecule has 17 heavy (non-hydrogen) atoms. The summed E-state index contributed by atoms with van der Waals surface area (Å²) in [6.45, 7) is 6.95. The van der Waals surface area contributed by atoms with E-state index in [1.165, 1.54) is 36.9 Å². The lowest BCUT2D eigenvalue weighted by Crippen LogP contribution is -2.26. The van der Waals surface area contributed by atoms with E-state index in [2.05, 4.69) is 50.4 Å². The molecule has 1 aliphatic heterocycles. The van der Waals surface area contributed by atoms with Gasteiger partial charge in [0, 0.05) is 11.7 Å². The van der Waals surface area contributed by atoms with Gasteiger partial charge in [-0.05, 0) is 43.2 Å². The summed E-state index contributed by atoms with van der Waals surface area (Å²) in [6.07, 6.45) is 5.28. The molecule has 2 atom stereocenters. The first kappa shape index (κ1) is 12.5. The Hall–Kier alpha value is -0.980. The van der Waals surface area contributed by atoms with Crippen LogP contribution in [0.2, 0.25) is 0 Å². The zero-order valence-electron chi connectivity index (χ0n) is 11.4. The summed E-state index contributed by atoms with van der Waals surface area (Å²) in [5, 5.41) is 3.60. The van der Waals surface area contributed by atoms with Gasteiger partial charge in [-0.15, -0.1) is 0 Å². The smallest absolute Gasteiger partial charge is 0.0377 e. The number of nitrogens with one attached hydrogen (secondary N) is 1. The normalized spacial score (nSPS) is 23.3. The number of anilines is 1. The van der Waals surface area contributed by atoms with Crippen LogP contribution in [-0.2, 0) is 0 Å². The van der Waals surface area contributed by atoms with E-state index in [4.69, 9.17) is 0 Å². The van der Waals surface area contributed by atoms with Crippen molar-refractivity contribution in [1.82, 2.24) is 0 Å². The van der Waals surface area contributed by atoms with E-state index in [9.17, 15) is 0 Å². The van der Waals surface area contributed by atoms with E-state index in [1.807, 2.05) is 0 Å². The largest absolute Gasteiger partial charge is 0.382 e. The third-order valence-corrected chi connectivity index (χ3v) is 4.21. The molecule has 0 aliphatic carbocycles. The monoisotopic (exact) mass is 231 g/mol. The molecule has 1 N–H and O–H groups in total. The van der Waals surface area contributed by atoms with Crippen LogP contribution in [0.15, 0.2) is 24.3 Å².